The van der Waals surface area contributed by atoms with Crippen LogP contribution in [-0.4, -0.2) is 49.5 Å². The van der Waals surface area contributed by atoms with Crippen molar-refractivity contribution in [3.05, 3.63) is 29.8 Å². The summed E-state index contributed by atoms with van der Waals surface area (Å²) < 4.78 is 5.45. The molecule has 0 aromatic heterocycles. The van der Waals surface area contributed by atoms with Gasteiger partial charge in [-0.05, 0) is 44.7 Å². The van der Waals surface area contributed by atoms with Crippen LogP contribution in [0.3, 0.4) is 0 Å². The summed E-state index contributed by atoms with van der Waals surface area (Å²) in [5.41, 5.74) is 1.52. The number of ether oxygens (including phenoxy) is 1. The minimum absolute atomic E-state index is 0.164. The molecule has 1 fully saturated rings. The first kappa shape index (κ1) is 16.8. The van der Waals surface area contributed by atoms with Crippen LogP contribution < -0.4 is 5.32 Å². The number of rotatable bonds is 6. The first-order valence-corrected chi connectivity index (χ1v) is 8.95. The van der Waals surface area contributed by atoms with Crippen LogP contribution in [0.1, 0.15) is 32.4 Å². The molecule has 1 aromatic rings. The highest BCUT2D eigenvalue weighted by atomic mass is 32.2. The second-order valence-electron chi connectivity index (χ2n) is 6.29. The first-order valence-electron chi connectivity index (χ1n) is 7.73. The van der Waals surface area contributed by atoms with E-state index in [4.69, 9.17) is 4.74 Å². The van der Waals surface area contributed by atoms with Crippen LogP contribution in [-0.2, 0) is 4.74 Å². The zero-order valence-corrected chi connectivity index (χ0v) is 14.5. The van der Waals surface area contributed by atoms with Crippen LogP contribution in [0.4, 0.5) is 0 Å². The molecule has 1 aliphatic heterocycles. The van der Waals surface area contributed by atoms with E-state index in [1.807, 2.05) is 0 Å². The molecule has 0 amide bonds. The molecule has 1 unspecified atom stereocenters. The lowest BCUT2D eigenvalue weighted by Crippen LogP contribution is -2.54. The van der Waals surface area contributed by atoms with Crippen LogP contribution >= 0.6 is 11.8 Å². The molecular formula is C17H28N2OS. The van der Waals surface area contributed by atoms with E-state index in [1.165, 1.54) is 10.5 Å². The van der Waals surface area contributed by atoms with E-state index in [0.717, 1.165) is 32.8 Å². The number of hydrogen-bond acceptors (Lipinski definition) is 4. The first-order chi connectivity index (χ1) is 10.0. The van der Waals surface area contributed by atoms with E-state index in [-0.39, 0.29) is 5.54 Å². The van der Waals surface area contributed by atoms with Crippen molar-refractivity contribution < 1.29 is 4.74 Å². The van der Waals surface area contributed by atoms with Crippen molar-refractivity contribution in [3.8, 4) is 0 Å². The number of nitrogens with one attached hydrogen (secondary N) is 1. The van der Waals surface area contributed by atoms with Gasteiger partial charge in [-0.15, -0.1) is 11.8 Å². The molecule has 2 rings (SSSR count). The topological polar surface area (TPSA) is 24.5 Å². The van der Waals surface area contributed by atoms with E-state index in [2.05, 4.69) is 61.5 Å². The fourth-order valence-electron chi connectivity index (χ4n) is 2.69. The summed E-state index contributed by atoms with van der Waals surface area (Å²) in [6.45, 7) is 11.6. The minimum atomic E-state index is 0.164. The SMILES string of the molecule is CSc1ccc(C(C)NCC(C)(C)N2CCOCC2)cc1. The molecule has 0 radical (unpaired) electrons. The molecular weight excluding hydrogens is 280 g/mol. The van der Waals surface area contributed by atoms with Crippen LogP contribution in [0.2, 0.25) is 0 Å². The molecule has 3 nitrogen and oxygen atoms in total. The second kappa shape index (κ2) is 7.63. The van der Waals surface area contributed by atoms with Crippen LogP contribution in [0, 0.1) is 0 Å². The Morgan fingerprint density at radius 3 is 2.43 bits per heavy atom. The van der Waals surface area contributed by atoms with Gasteiger partial charge in [-0.1, -0.05) is 12.1 Å². The molecule has 0 bridgehead atoms. The quantitative estimate of drug-likeness (QED) is 0.816. The molecule has 4 heteroatoms. The Bertz CT molecular complexity index is 427. The molecule has 0 aliphatic carbocycles. The van der Waals surface area contributed by atoms with Crippen LogP contribution in [0.25, 0.3) is 0 Å². The van der Waals surface area contributed by atoms with Crippen LogP contribution in [0.5, 0.6) is 0 Å². The average molecular weight is 308 g/mol. The van der Waals surface area contributed by atoms with E-state index >= 15 is 0 Å². The molecule has 0 saturated carbocycles. The molecule has 1 atom stereocenters. The second-order valence-corrected chi connectivity index (χ2v) is 7.17. The van der Waals surface area contributed by atoms with E-state index in [1.54, 1.807) is 11.8 Å². The zero-order chi connectivity index (χ0) is 15.3. The molecule has 0 spiro atoms. The molecule has 1 heterocycles. The number of nitrogens with zero attached hydrogens (tertiary/aromatic N) is 1. The maximum absolute atomic E-state index is 5.45. The standard InChI is InChI=1S/C17H28N2OS/c1-14(15-5-7-16(21-4)8-6-15)18-13-17(2,3)19-9-11-20-12-10-19/h5-8,14,18H,9-13H2,1-4H3. The lowest BCUT2D eigenvalue weighted by molar-refractivity contribution is -0.0102. The van der Waals surface area contributed by atoms with Gasteiger partial charge in [0.15, 0.2) is 0 Å². The smallest absolute Gasteiger partial charge is 0.0594 e. The average Bonchev–Trinajstić information content (AvgIpc) is 2.53. The highest BCUT2D eigenvalue weighted by Crippen LogP contribution is 2.20. The summed E-state index contributed by atoms with van der Waals surface area (Å²) in [4.78, 5) is 3.84. The maximum Gasteiger partial charge on any atom is 0.0594 e. The van der Waals surface area contributed by atoms with Gasteiger partial charge >= 0.3 is 0 Å². The Labute approximate surface area is 133 Å². The van der Waals surface area contributed by atoms with Gasteiger partial charge < -0.3 is 10.1 Å². The Morgan fingerprint density at radius 2 is 1.86 bits per heavy atom. The van der Waals surface area contributed by atoms with Gasteiger partial charge in [0, 0.05) is 36.1 Å². The van der Waals surface area contributed by atoms with Gasteiger partial charge in [-0.3, -0.25) is 4.90 Å². The molecule has 1 N–H and O–H groups in total. The summed E-state index contributed by atoms with van der Waals surface area (Å²) in [5, 5.41) is 3.68. The number of morpholine rings is 1. The predicted molar refractivity (Wildman–Crippen MR) is 91.1 cm³/mol. The molecule has 1 aromatic carbocycles. The molecule has 1 aliphatic rings. The normalized spacial score (nSPS) is 18.7. The lowest BCUT2D eigenvalue weighted by atomic mass is 10.0. The fraction of sp³-hybridized carbons (Fsp3) is 0.647. The van der Waals surface area contributed by atoms with Gasteiger partial charge in [-0.25, -0.2) is 0 Å². The Morgan fingerprint density at radius 1 is 1.24 bits per heavy atom. The van der Waals surface area contributed by atoms with Gasteiger partial charge in [0.05, 0.1) is 13.2 Å². The Balaban J connectivity index is 1.88. The number of benzene rings is 1. The van der Waals surface area contributed by atoms with Crippen LogP contribution in [0.15, 0.2) is 29.2 Å². The number of thioether (sulfide) groups is 1. The van der Waals surface area contributed by atoms with Crippen molar-refractivity contribution in [1.29, 1.82) is 0 Å². The van der Waals surface area contributed by atoms with Gasteiger partial charge in [-0.2, -0.15) is 0 Å². The highest BCUT2D eigenvalue weighted by Gasteiger charge is 2.28. The predicted octanol–water partition coefficient (Wildman–Crippen LogP) is 3.17. The zero-order valence-electron chi connectivity index (χ0n) is 13.7. The third-order valence-electron chi connectivity index (χ3n) is 4.32. The van der Waals surface area contributed by atoms with E-state index in [0.29, 0.717) is 6.04 Å². The summed E-state index contributed by atoms with van der Waals surface area (Å²) in [7, 11) is 0. The molecule has 21 heavy (non-hydrogen) atoms. The summed E-state index contributed by atoms with van der Waals surface area (Å²) >= 11 is 1.79. The van der Waals surface area contributed by atoms with Crippen molar-refractivity contribution in [2.45, 2.75) is 37.2 Å². The van der Waals surface area contributed by atoms with E-state index < -0.39 is 0 Å². The lowest BCUT2D eigenvalue weighted by Gasteiger charge is -2.41. The summed E-state index contributed by atoms with van der Waals surface area (Å²) in [5.74, 6) is 0. The van der Waals surface area contributed by atoms with Crippen molar-refractivity contribution >= 4 is 11.8 Å². The molecule has 118 valence electrons. The number of hydrogen-bond donors (Lipinski definition) is 1. The summed E-state index contributed by atoms with van der Waals surface area (Å²) in [6.07, 6.45) is 2.11. The van der Waals surface area contributed by atoms with Gasteiger partial charge in [0.1, 0.15) is 0 Å². The third kappa shape index (κ3) is 4.71. The third-order valence-corrected chi connectivity index (χ3v) is 5.07. The Kier molecular flexibility index (Phi) is 6.11. The van der Waals surface area contributed by atoms with Crippen molar-refractivity contribution in [2.75, 3.05) is 39.1 Å². The van der Waals surface area contributed by atoms with Gasteiger partial charge in [0.25, 0.3) is 0 Å². The molecule has 1 saturated heterocycles. The summed E-state index contributed by atoms with van der Waals surface area (Å²) in [6, 6.07) is 9.23. The highest BCUT2D eigenvalue weighted by molar-refractivity contribution is 7.98. The van der Waals surface area contributed by atoms with Gasteiger partial charge in [0.2, 0.25) is 0 Å². The Hall–Kier alpha value is -0.550. The monoisotopic (exact) mass is 308 g/mol. The van der Waals surface area contributed by atoms with Crippen molar-refractivity contribution in [1.82, 2.24) is 10.2 Å². The minimum Gasteiger partial charge on any atom is -0.379 e. The van der Waals surface area contributed by atoms with Crippen molar-refractivity contribution in [2.24, 2.45) is 0 Å². The maximum atomic E-state index is 5.45. The van der Waals surface area contributed by atoms with E-state index in [9.17, 15) is 0 Å². The largest absolute Gasteiger partial charge is 0.379 e. The fourth-order valence-corrected chi connectivity index (χ4v) is 3.10. The van der Waals surface area contributed by atoms with Crippen molar-refractivity contribution in [3.63, 3.8) is 0 Å².